The molecule has 0 atom stereocenters. The molecular formula is C14H12F2N4O. The van der Waals surface area contributed by atoms with Crippen molar-refractivity contribution in [3.8, 4) is 17.3 Å². The number of fused-ring (bicyclic) bond motifs is 1. The largest absolute Gasteiger partial charge is 0.478 e. The lowest BCUT2D eigenvalue weighted by atomic mass is 10.1. The molecule has 0 saturated carbocycles. The third-order valence-electron chi connectivity index (χ3n) is 2.96. The number of hydrogen-bond donors (Lipinski definition) is 2. The molecule has 7 heteroatoms. The molecule has 3 N–H and O–H groups in total. The van der Waals surface area contributed by atoms with E-state index in [1.54, 1.807) is 12.1 Å². The molecule has 0 fully saturated rings. The number of nitrogens with zero attached hydrogens (tertiary/aromatic N) is 2. The lowest BCUT2D eigenvalue weighted by molar-refractivity contribution is 0.328. The van der Waals surface area contributed by atoms with Crippen LogP contribution in [0.5, 0.6) is 5.88 Å². The molecule has 2 aromatic heterocycles. The Balaban J connectivity index is 2.11. The van der Waals surface area contributed by atoms with Crippen LogP contribution < -0.4 is 10.5 Å². The molecule has 2 heterocycles. The Labute approximate surface area is 118 Å². The molecule has 0 bridgehead atoms. The van der Waals surface area contributed by atoms with Crippen molar-refractivity contribution in [2.45, 2.75) is 6.92 Å². The highest BCUT2D eigenvalue weighted by atomic mass is 19.2. The maximum Gasteiger partial charge on any atom is 0.215 e. The molecule has 21 heavy (non-hydrogen) atoms. The Kier molecular flexibility index (Phi) is 3.17. The van der Waals surface area contributed by atoms with Gasteiger partial charge in [0, 0.05) is 23.4 Å². The second-order valence-electron chi connectivity index (χ2n) is 4.39. The van der Waals surface area contributed by atoms with Gasteiger partial charge in [0.2, 0.25) is 5.88 Å². The average molecular weight is 290 g/mol. The minimum Gasteiger partial charge on any atom is -0.478 e. The number of nitrogen functional groups attached to an aromatic ring is 1. The van der Waals surface area contributed by atoms with Gasteiger partial charge in [-0.2, -0.15) is 4.98 Å². The molecule has 0 aliphatic rings. The molecule has 0 aliphatic carbocycles. The third-order valence-corrected chi connectivity index (χ3v) is 2.96. The van der Waals surface area contributed by atoms with Crippen molar-refractivity contribution in [3.05, 3.63) is 35.9 Å². The highest BCUT2D eigenvalue weighted by Gasteiger charge is 2.13. The summed E-state index contributed by atoms with van der Waals surface area (Å²) in [5.41, 5.74) is 7.15. The van der Waals surface area contributed by atoms with Crippen molar-refractivity contribution in [1.29, 1.82) is 0 Å². The van der Waals surface area contributed by atoms with E-state index in [9.17, 15) is 8.78 Å². The fourth-order valence-electron chi connectivity index (χ4n) is 2.00. The predicted octanol–water partition coefficient (Wildman–Crippen LogP) is 2.88. The number of anilines is 1. The van der Waals surface area contributed by atoms with E-state index in [-0.39, 0.29) is 11.3 Å². The zero-order valence-corrected chi connectivity index (χ0v) is 11.2. The van der Waals surface area contributed by atoms with Crippen LogP contribution in [0.2, 0.25) is 0 Å². The number of nitrogens with one attached hydrogen (secondary N) is 1. The molecule has 0 saturated heterocycles. The summed E-state index contributed by atoms with van der Waals surface area (Å²) in [5.74, 6) is -1.21. The van der Waals surface area contributed by atoms with Gasteiger partial charge in [0.1, 0.15) is 5.82 Å². The minimum atomic E-state index is -0.996. The molecular weight excluding hydrogens is 278 g/mol. The van der Waals surface area contributed by atoms with Crippen molar-refractivity contribution < 1.29 is 13.5 Å². The number of aromatic nitrogens is 3. The van der Waals surface area contributed by atoms with Gasteiger partial charge in [0.05, 0.1) is 12.1 Å². The zero-order chi connectivity index (χ0) is 15.0. The predicted molar refractivity (Wildman–Crippen MR) is 74.8 cm³/mol. The number of aromatic amines is 1. The molecule has 0 unspecified atom stereocenters. The van der Waals surface area contributed by atoms with E-state index in [2.05, 4.69) is 15.0 Å². The number of hydrogen-bond acceptors (Lipinski definition) is 4. The summed E-state index contributed by atoms with van der Waals surface area (Å²) in [5, 5.41) is 0. The number of pyridine rings is 1. The highest BCUT2D eigenvalue weighted by molar-refractivity contribution is 5.80. The lowest BCUT2D eigenvalue weighted by Gasteiger charge is -2.03. The second-order valence-corrected chi connectivity index (χ2v) is 4.39. The molecule has 108 valence electrons. The van der Waals surface area contributed by atoms with Crippen molar-refractivity contribution in [2.24, 2.45) is 0 Å². The van der Waals surface area contributed by atoms with Crippen LogP contribution >= 0.6 is 0 Å². The summed E-state index contributed by atoms with van der Waals surface area (Å²) < 4.78 is 31.7. The SMILES string of the molecule is CCOc1ccc2[nH]c(-c3cc(F)c(F)cc3N)nc2n1. The molecule has 5 nitrogen and oxygen atoms in total. The van der Waals surface area contributed by atoms with Crippen LogP contribution in [0.25, 0.3) is 22.6 Å². The normalized spacial score (nSPS) is 11.0. The van der Waals surface area contributed by atoms with Gasteiger partial charge >= 0.3 is 0 Å². The first kappa shape index (κ1) is 13.3. The third kappa shape index (κ3) is 2.37. The molecule has 3 aromatic rings. The monoisotopic (exact) mass is 290 g/mol. The van der Waals surface area contributed by atoms with Gasteiger partial charge in [-0.1, -0.05) is 0 Å². The second kappa shape index (κ2) is 5.01. The standard InChI is InChI=1S/C14H12F2N4O/c1-2-21-12-4-3-11-14(19-12)20-13(18-11)7-5-8(15)9(16)6-10(7)17/h3-6H,2,17H2,1H3,(H,18,19,20). The average Bonchev–Trinajstić information content (AvgIpc) is 2.86. The Morgan fingerprint density at radius 1 is 1.19 bits per heavy atom. The van der Waals surface area contributed by atoms with E-state index < -0.39 is 11.6 Å². The molecule has 1 aromatic carbocycles. The quantitative estimate of drug-likeness (QED) is 0.727. The van der Waals surface area contributed by atoms with Crippen molar-refractivity contribution in [2.75, 3.05) is 12.3 Å². The first-order valence-corrected chi connectivity index (χ1v) is 6.33. The molecule has 3 rings (SSSR count). The van der Waals surface area contributed by atoms with E-state index in [1.807, 2.05) is 6.92 Å². The summed E-state index contributed by atoms with van der Waals surface area (Å²) in [6.45, 7) is 2.34. The van der Waals surface area contributed by atoms with E-state index >= 15 is 0 Å². The number of imidazole rings is 1. The molecule has 0 radical (unpaired) electrons. The molecule has 0 spiro atoms. The first-order valence-electron chi connectivity index (χ1n) is 6.33. The summed E-state index contributed by atoms with van der Waals surface area (Å²) in [6, 6.07) is 5.38. The maximum absolute atomic E-state index is 13.4. The minimum absolute atomic E-state index is 0.0954. The first-order chi connectivity index (χ1) is 10.1. The van der Waals surface area contributed by atoms with E-state index in [4.69, 9.17) is 10.5 Å². The maximum atomic E-state index is 13.4. The van der Waals surface area contributed by atoms with E-state index in [0.717, 1.165) is 12.1 Å². The zero-order valence-electron chi connectivity index (χ0n) is 11.2. The Morgan fingerprint density at radius 3 is 2.71 bits per heavy atom. The lowest BCUT2D eigenvalue weighted by Crippen LogP contribution is -1.95. The molecule has 0 amide bonds. The van der Waals surface area contributed by atoms with Gasteiger partial charge in [0.15, 0.2) is 17.3 Å². The van der Waals surface area contributed by atoms with Crippen LogP contribution in [-0.2, 0) is 0 Å². The van der Waals surface area contributed by atoms with Gasteiger partial charge < -0.3 is 15.5 Å². The Hall–Kier alpha value is -2.70. The van der Waals surface area contributed by atoms with Crippen molar-refractivity contribution >= 4 is 16.9 Å². The Morgan fingerprint density at radius 2 is 1.95 bits per heavy atom. The van der Waals surface area contributed by atoms with Gasteiger partial charge in [-0.15, -0.1) is 0 Å². The number of H-pyrrole nitrogens is 1. The number of benzene rings is 1. The molecule has 0 aliphatic heterocycles. The summed E-state index contributed by atoms with van der Waals surface area (Å²) >= 11 is 0. The van der Waals surface area contributed by atoms with Crippen molar-refractivity contribution in [1.82, 2.24) is 15.0 Å². The van der Waals surface area contributed by atoms with E-state index in [0.29, 0.717) is 29.5 Å². The van der Waals surface area contributed by atoms with Crippen molar-refractivity contribution in [3.63, 3.8) is 0 Å². The van der Waals surface area contributed by atoms with Crippen LogP contribution in [0.1, 0.15) is 6.92 Å². The smallest absolute Gasteiger partial charge is 0.215 e. The number of nitrogens with two attached hydrogens (primary N) is 1. The summed E-state index contributed by atoms with van der Waals surface area (Å²) in [6.07, 6.45) is 0. The van der Waals surface area contributed by atoms with Gasteiger partial charge in [-0.3, -0.25) is 0 Å². The van der Waals surface area contributed by atoms with Crippen LogP contribution in [-0.4, -0.2) is 21.6 Å². The fraction of sp³-hybridized carbons (Fsp3) is 0.143. The number of ether oxygens (including phenoxy) is 1. The summed E-state index contributed by atoms with van der Waals surface area (Å²) in [4.78, 5) is 11.4. The van der Waals surface area contributed by atoms with Gasteiger partial charge in [0.25, 0.3) is 0 Å². The summed E-state index contributed by atoms with van der Waals surface area (Å²) in [7, 11) is 0. The van der Waals surface area contributed by atoms with Crippen LogP contribution in [0, 0.1) is 11.6 Å². The van der Waals surface area contributed by atoms with Gasteiger partial charge in [-0.05, 0) is 19.1 Å². The fourth-order valence-corrected chi connectivity index (χ4v) is 2.00. The van der Waals surface area contributed by atoms with Crippen LogP contribution in [0.15, 0.2) is 24.3 Å². The van der Waals surface area contributed by atoms with Crippen LogP contribution in [0.3, 0.4) is 0 Å². The highest BCUT2D eigenvalue weighted by Crippen LogP contribution is 2.28. The van der Waals surface area contributed by atoms with E-state index in [1.165, 1.54) is 0 Å². The topological polar surface area (TPSA) is 76.8 Å². The Bertz CT molecular complexity index is 816. The van der Waals surface area contributed by atoms with Crippen LogP contribution in [0.4, 0.5) is 14.5 Å². The number of halogens is 2. The number of rotatable bonds is 3. The van der Waals surface area contributed by atoms with Gasteiger partial charge in [-0.25, -0.2) is 13.8 Å².